The lowest BCUT2D eigenvalue weighted by molar-refractivity contribution is -0.137. The molecule has 1 atom stereocenters. The molecule has 0 spiro atoms. The van der Waals surface area contributed by atoms with Crippen molar-refractivity contribution in [3.63, 3.8) is 0 Å². The van der Waals surface area contributed by atoms with Crippen LogP contribution in [0, 0.1) is 5.92 Å². The fourth-order valence-electron chi connectivity index (χ4n) is 1.48. The number of carbonyl (C=O) groups is 1. The first kappa shape index (κ1) is 12.4. The quantitative estimate of drug-likeness (QED) is 0.861. The third-order valence-electron chi connectivity index (χ3n) is 2.35. The second-order valence-corrected chi connectivity index (χ2v) is 6.49. The zero-order valence-electron chi connectivity index (χ0n) is 9.58. The third kappa shape index (κ3) is 2.79. The minimum Gasteiger partial charge on any atom is -0.480 e. The second-order valence-electron chi connectivity index (χ2n) is 4.07. The van der Waals surface area contributed by atoms with E-state index in [0.29, 0.717) is 0 Å². The van der Waals surface area contributed by atoms with Crippen molar-refractivity contribution in [2.45, 2.75) is 23.4 Å². The van der Waals surface area contributed by atoms with Crippen molar-refractivity contribution < 1.29 is 9.90 Å². The highest BCUT2D eigenvalue weighted by Gasteiger charge is 2.24. The molecular formula is C12H13NO2S2. The van der Waals surface area contributed by atoms with Gasteiger partial charge in [0.2, 0.25) is 0 Å². The number of nitrogens with zero attached hydrogens (tertiary/aromatic N) is 1. The summed E-state index contributed by atoms with van der Waals surface area (Å²) in [6, 6.07) is 7.85. The third-order valence-corrected chi connectivity index (χ3v) is 5.01. The van der Waals surface area contributed by atoms with Crippen molar-refractivity contribution >= 4 is 39.3 Å². The normalized spacial score (nSPS) is 13.1. The van der Waals surface area contributed by atoms with Crippen molar-refractivity contribution in [2.24, 2.45) is 5.92 Å². The van der Waals surface area contributed by atoms with Crippen molar-refractivity contribution in [2.75, 3.05) is 0 Å². The molecule has 0 aliphatic heterocycles. The number of thioether (sulfide) groups is 1. The minimum atomic E-state index is -0.774. The SMILES string of the molecule is CC(C)C(Sc1nc2ccccc2s1)C(=O)O. The van der Waals surface area contributed by atoms with E-state index in [9.17, 15) is 4.79 Å². The molecule has 90 valence electrons. The topological polar surface area (TPSA) is 50.2 Å². The number of fused-ring (bicyclic) bond motifs is 1. The number of para-hydroxylation sites is 1. The average molecular weight is 267 g/mol. The molecule has 0 amide bonds. The first-order valence-electron chi connectivity index (χ1n) is 5.33. The van der Waals surface area contributed by atoms with Gasteiger partial charge in [-0.05, 0) is 18.1 Å². The molecule has 1 aromatic carbocycles. The molecule has 17 heavy (non-hydrogen) atoms. The maximum atomic E-state index is 11.1. The van der Waals surface area contributed by atoms with Gasteiger partial charge in [0.15, 0.2) is 4.34 Å². The van der Waals surface area contributed by atoms with Gasteiger partial charge in [-0.3, -0.25) is 4.79 Å². The van der Waals surface area contributed by atoms with Crippen LogP contribution in [0.1, 0.15) is 13.8 Å². The summed E-state index contributed by atoms with van der Waals surface area (Å²) in [5.74, 6) is -0.686. The van der Waals surface area contributed by atoms with Crippen LogP contribution < -0.4 is 0 Å². The Hall–Kier alpha value is -1.07. The number of hydrogen-bond acceptors (Lipinski definition) is 4. The van der Waals surface area contributed by atoms with E-state index in [1.54, 1.807) is 11.3 Å². The Labute approximate surface area is 108 Å². The number of carboxylic acid groups (broad SMARTS) is 1. The van der Waals surface area contributed by atoms with Gasteiger partial charge in [0.1, 0.15) is 5.25 Å². The molecule has 0 saturated heterocycles. The Morgan fingerprint density at radius 1 is 1.41 bits per heavy atom. The highest BCUT2D eigenvalue weighted by Crippen LogP contribution is 2.34. The van der Waals surface area contributed by atoms with Gasteiger partial charge in [-0.1, -0.05) is 37.7 Å². The summed E-state index contributed by atoms with van der Waals surface area (Å²) in [5.41, 5.74) is 0.938. The molecule has 0 bridgehead atoms. The standard InChI is InChI=1S/C12H13NO2S2/c1-7(2)10(11(14)15)17-12-13-8-5-3-4-6-9(8)16-12/h3-7,10H,1-2H3,(H,14,15). The molecular weight excluding hydrogens is 254 g/mol. The molecule has 5 heteroatoms. The van der Waals surface area contributed by atoms with Crippen LogP contribution in [-0.4, -0.2) is 21.3 Å². The Morgan fingerprint density at radius 3 is 2.71 bits per heavy atom. The lowest BCUT2D eigenvalue weighted by Gasteiger charge is -2.13. The lowest BCUT2D eigenvalue weighted by atomic mass is 10.1. The highest BCUT2D eigenvalue weighted by molar-refractivity contribution is 8.02. The Balaban J connectivity index is 2.25. The first-order valence-corrected chi connectivity index (χ1v) is 7.02. The van der Waals surface area contributed by atoms with Crippen LogP contribution >= 0.6 is 23.1 Å². The molecule has 0 fully saturated rings. The summed E-state index contributed by atoms with van der Waals surface area (Å²) >= 11 is 2.89. The predicted molar refractivity (Wildman–Crippen MR) is 71.7 cm³/mol. The molecule has 1 aromatic heterocycles. The molecule has 0 aliphatic rings. The summed E-state index contributed by atoms with van der Waals surface area (Å²) < 4.78 is 1.93. The molecule has 1 heterocycles. The summed E-state index contributed by atoms with van der Waals surface area (Å²) in [6.07, 6.45) is 0. The fourth-order valence-corrected chi connectivity index (χ4v) is 3.69. The van der Waals surface area contributed by atoms with Crippen LogP contribution in [-0.2, 0) is 4.79 Å². The van der Waals surface area contributed by atoms with E-state index < -0.39 is 11.2 Å². The smallest absolute Gasteiger partial charge is 0.317 e. The molecule has 2 aromatic rings. The van der Waals surface area contributed by atoms with E-state index in [1.165, 1.54) is 11.8 Å². The van der Waals surface area contributed by atoms with Crippen LogP contribution in [0.15, 0.2) is 28.6 Å². The number of aromatic nitrogens is 1. The zero-order valence-corrected chi connectivity index (χ0v) is 11.2. The van der Waals surface area contributed by atoms with Crippen LogP contribution in [0.5, 0.6) is 0 Å². The number of hydrogen-bond donors (Lipinski definition) is 1. The first-order chi connectivity index (χ1) is 8.08. The number of benzene rings is 1. The van der Waals surface area contributed by atoms with E-state index >= 15 is 0 Å². The Bertz CT molecular complexity index is 503. The minimum absolute atomic E-state index is 0.0875. The Morgan fingerprint density at radius 2 is 2.12 bits per heavy atom. The van der Waals surface area contributed by atoms with Crippen LogP contribution in [0.25, 0.3) is 10.2 Å². The van der Waals surface area contributed by atoms with Crippen molar-refractivity contribution in [3.05, 3.63) is 24.3 Å². The van der Waals surface area contributed by atoms with Gasteiger partial charge in [0.25, 0.3) is 0 Å². The van der Waals surface area contributed by atoms with E-state index in [1.807, 2.05) is 38.1 Å². The Kier molecular flexibility index (Phi) is 3.69. The summed E-state index contributed by atoms with van der Waals surface area (Å²) in [6.45, 7) is 3.83. The fraction of sp³-hybridized carbons (Fsp3) is 0.333. The van der Waals surface area contributed by atoms with E-state index in [0.717, 1.165) is 14.6 Å². The molecule has 1 N–H and O–H groups in total. The van der Waals surface area contributed by atoms with Crippen molar-refractivity contribution in [1.82, 2.24) is 4.98 Å². The summed E-state index contributed by atoms with van der Waals surface area (Å²) in [4.78, 5) is 15.6. The van der Waals surface area contributed by atoms with E-state index in [4.69, 9.17) is 5.11 Å². The van der Waals surface area contributed by atoms with Gasteiger partial charge in [0, 0.05) is 0 Å². The molecule has 0 radical (unpaired) electrons. The van der Waals surface area contributed by atoms with Crippen LogP contribution in [0.4, 0.5) is 0 Å². The molecule has 1 unspecified atom stereocenters. The molecule has 3 nitrogen and oxygen atoms in total. The number of carboxylic acids is 1. The lowest BCUT2D eigenvalue weighted by Crippen LogP contribution is -2.22. The van der Waals surface area contributed by atoms with Gasteiger partial charge < -0.3 is 5.11 Å². The van der Waals surface area contributed by atoms with Gasteiger partial charge in [-0.2, -0.15) is 0 Å². The second kappa shape index (κ2) is 5.06. The summed E-state index contributed by atoms with van der Waals surface area (Å²) in [7, 11) is 0. The number of thiazole rings is 1. The van der Waals surface area contributed by atoms with Gasteiger partial charge >= 0.3 is 5.97 Å². The van der Waals surface area contributed by atoms with Crippen molar-refractivity contribution in [3.8, 4) is 0 Å². The largest absolute Gasteiger partial charge is 0.480 e. The van der Waals surface area contributed by atoms with Crippen molar-refractivity contribution in [1.29, 1.82) is 0 Å². The molecule has 2 rings (SSSR count). The predicted octanol–water partition coefficient (Wildman–Crippen LogP) is 3.50. The molecule has 0 saturated carbocycles. The maximum Gasteiger partial charge on any atom is 0.317 e. The average Bonchev–Trinajstić information content (AvgIpc) is 2.67. The number of rotatable bonds is 4. The summed E-state index contributed by atoms with van der Waals surface area (Å²) in [5, 5.41) is 8.70. The highest BCUT2D eigenvalue weighted by atomic mass is 32.2. The maximum absolute atomic E-state index is 11.1. The van der Waals surface area contributed by atoms with Gasteiger partial charge in [0.05, 0.1) is 10.2 Å². The van der Waals surface area contributed by atoms with E-state index in [2.05, 4.69) is 4.98 Å². The van der Waals surface area contributed by atoms with Crippen LogP contribution in [0.2, 0.25) is 0 Å². The van der Waals surface area contributed by atoms with Gasteiger partial charge in [-0.25, -0.2) is 4.98 Å². The molecule has 0 aliphatic carbocycles. The monoisotopic (exact) mass is 267 g/mol. The zero-order chi connectivity index (χ0) is 12.4. The number of aliphatic carboxylic acids is 1. The van der Waals surface area contributed by atoms with E-state index in [-0.39, 0.29) is 5.92 Å². The van der Waals surface area contributed by atoms with Crippen LogP contribution in [0.3, 0.4) is 0 Å². The van der Waals surface area contributed by atoms with Gasteiger partial charge in [-0.15, -0.1) is 11.3 Å².